The molecule has 1 rings (SSSR count). The fourth-order valence-corrected chi connectivity index (χ4v) is 1.44. The number of rotatable bonds is 5. The van der Waals surface area contributed by atoms with Gasteiger partial charge in [0.05, 0.1) is 0 Å². The molecule has 0 N–H and O–H groups in total. The summed E-state index contributed by atoms with van der Waals surface area (Å²) in [5.74, 6) is -1.25. The van der Waals surface area contributed by atoms with Crippen LogP contribution in [-0.4, -0.2) is 11.1 Å². The van der Waals surface area contributed by atoms with E-state index < -0.39 is 17.0 Å². The third kappa shape index (κ3) is 3.68. The Labute approximate surface area is 93.1 Å². The monoisotopic (exact) mass is 223 g/mol. The van der Waals surface area contributed by atoms with Crippen molar-refractivity contribution in [1.82, 2.24) is 0 Å². The van der Waals surface area contributed by atoms with Crippen LogP contribution in [0.25, 0.3) is 0 Å². The lowest BCUT2D eigenvalue weighted by Crippen LogP contribution is -2.22. The van der Waals surface area contributed by atoms with Gasteiger partial charge in [-0.3, -0.25) is 4.79 Å². The predicted molar refractivity (Wildman–Crippen MR) is 57.0 cm³/mol. The maximum absolute atomic E-state index is 11.3. The van der Waals surface area contributed by atoms with E-state index in [0.717, 1.165) is 5.56 Å². The van der Waals surface area contributed by atoms with E-state index in [9.17, 15) is 14.9 Å². The molecule has 0 aliphatic heterocycles. The van der Waals surface area contributed by atoms with Gasteiger partial charge in [0.25, 0.3) is 0 Å². The molecule has 0 heterocycles. The van der Waals surface area contributed by atoms with Crippen molar-refractivity contribution in [3.05, 3.63) is 46.0 Å². The number of benzene rings is 1. The third-order valence-electron chi connectivity index (χ3n) is 2.32. The van der Waals surface area contributed by atoms with Gasteiger partial charge >= 0.3 is 11.1 Å². The van der Waals surface area contributed by atoms with Gasteiger partial charge in [0.1, 0.15) is 0 Å². The standard InChI is InChI=1S/C11H13NO4/c1-2-10(11(13)16-12(14)15)8-9-6-4-3-5-7-9/h3-7,10H,2,8H2,1H3. The summed E-state index contributed by atoms with van der Waals surface area (Å²) in [5, 5.41) is 8.99. The molecule has 0 bridgehead atoms. The summed E-state index contributed by atoms with van der Waals surface area (Å²) in [6.07, 6.45) is 0.978. The van der Waals surface area contributed by atoms with Crippen LogP contribution in [0.1, 0.15) is 18.9 Å². The lowest BCUT2D eigenvalue weighted by molar-refractivity contribution is -0.730. The highest BCUT2D eigenvalue weighted by atomic mass is 17.0. The van der Waals surface area contributed by atoms with Gasteiger partial charge in [0.2, 0.25) is 0 Å². The highest BCUT2D eigenvalue weighted by Crippen LogP contribution is 2.13. The fraction of sp³-hybridized carbons (Fsp3) is 0.364. The maximum atomic E-state index is 11.3. The molecule has 0 amide bonds. The van der Waals surface area contributed by atoms with Crippen LogP contribution in [0.4, 0.5) is 0 Å². The van der Waals surface area contributed by atoms with Crippen LogP contribution < -0.4 is 0 Å². The quantitative estimate of drug-likeness (QED) is 0.565. The second-order valence-electron chi connectivity index (χ2n) is 3.43. The van der Waals surface area contributed by atoms with Crippen LogP contribution in [0.3, 0.4) is 0 Å². The van der Waals surface area contributed by atoms with Crippen LogP contribution >= 0.6 is 0 Å². The Balaban J connectivity index is 2.62. The molecule has 0 radical (unpaired) electrons. The first kappa shape index (κ1) is 12.2. The van der Waals surface area contributed by atoms with Gasteiger partial charge in [-0.05, 0) is 18.4 Å². The van der Waals surface area contributed by atoms with Crippen molar-refractivity contribution in [2.75, 3.05) is 0 Å². The Hall–Kier alpha value is -1.91. The number of hydrogen-bond acceptors (Lipinski definition) is 4. The van der Waals surface area contributed by atoms with Gasteiger partial charge in [-0.1, -0.05) is 37.3 Å². The highest BCUT2D eigenvalue weighted by Gasteiger charge is 2.20. The number of carbonyl (C=O) groups is 1. The van der Waals surface area contributed by atoms with Crippen molar-refractivity contribution in [2.45, 2.75) is 19.8 Å². The minimum absolute atomic E-state index is 0.462. The highest BCUT2D eigenvalue weighted by molar-refractivity contribution is 5.72. The molecular formula is C11H13NO4. The first-order chi connectivity index (χ1) is 7.63. The smallest absolute Gasteiger partial charge is 0.268 e. The first-order valence-corrected chi connectivity index (χ1v) is 5.03. The Bertz CT molecular complexity index is 364. The molecular weight excluding hydrogens is 210 g/mol. The summed E-state index contributed by atoms with van der Waals surface area (Å²) in [6, 6.07) is 9.35. The molecule has 0 aliphatic carbocycles. The molecule has 86 valence electrons. The zero-order valence-electron chi connectivity index (χ0n) is 8.96. The SMILES string of the molecule is CCC(Cc1ccccc1)C(=O)O[N+](=O)[O-]. The lowest BCUT2D eigenvalue weighted by Gasteiger charge is -2.11. The minimum atomic E-state index is -1.06. The topological polar surface area (TPSA) is 69.4 Å². The maximum Gasteiger partial charge on any atom is 0.307 e. The summed E-state index contributed by atoms with van der Waals surface area (Å²) in [6.45, 7) is 1.80. The van der Waals surface area contributed by atoms with Crippen molar-refractivity contribution in [3.8, 4) is 0 Å². The van der Waals surface area contributed by atoms with E-state index >= 15 is 0 Å². The van der Waals surface area contributed by atoms with Gasteiger partial charge < -0.3 is 0 Å². The summed E-state index contributed by atoms with van der Waals surface area (Å²) >= 11 is 0. The zero-order chi connectivity index (χ0) is 12.0. The first-order valence-electron chi connectivity index (χ1n) is 5.03. The second kappa shape index (κ2) is 5.85. The van der Waals surface area contributed by atoms with Crippen molar-refractivity contribution < 1.29 is 14.7 Å². The van der Waals surface area contributed by atoms with Gasteiger partial charge in [-0.25, -0.2) is 4.84 Å². The van der Waals surface area contributed by atoms with Gasteiger partial charge in [-0.2, -0.15) is 0 Å². The van der Waals surface area contributed by atoms with Crippen molar-refractivity contribution in [1.29, 1.82) is 0 Å². The van der Waals surface area contributed by atoms with Crippen molar-refractivity contribution in [2.24, 2.45) is 5.92 Å². The van der Waals surface area contributed by atoms with Crippen LogP contribution in [0, 0.1) is 16.0 Å². The molecule has 1 atom stereocenters. The van der Waals surface area contributed by atoms with Gasteiger partial charge in [-0.15, -0.1) is 10.1 Å². The molecule has 0 aromatic heterocycles. The van der Waals surface area contributed by atoms with E-state index in [1.807, 2.05) is 30.3 Å². The Morgan fingerprint density at radius 2 is 2.06 bits per heavy atom. The summed E-state index contributed by atoms with van der Waals surface area (Å²) < 4.78 is 0. The lowest BCUT2D eigenvalue weighted by atomic mass is 9.97. The number of hydrogen-bond donors (Lipinski definition) is 0. The average molecular weight is 223 g/mol. The van der Waals surface area contributed by atoms with Crippen LogP contribution in [0.2, 0.25) is 0 Å². The predicted octanol–water partition coefficient (Wildman–Crippen LogP) is 1.99. The molecule has 0 aliphatic rings. The van der Waals surface area contributed by atoms with Gasteiger partial charge in [0, 0.05) is 5.92 Å². The van der Waals surface area contributed by atoms with Gasteiger partial charge in [0.15, 0.2) is 0 Å². The molecule has 0 spiro atoms. The van der Waals surface area contributed by atoms with E-state index in [-0.39, 0.29) is 0 Å². The molecule has 16 heavy (non-hydrogen) atoms. The summed E-state index contributed by atoms with van der Waals surface area (Å²) in [7, 11) is 0. The fourth-order valence-electron chi connectivity index (χ4n) is 1.44. The van der Waals surface area contributed by atoms with Crippen LogP contribution in [-0.2, 0) is 16.1 Å². The van der Waals surface area contributed by atoms with E-state index in [0.29, 0.717) is 12.8 Å². The van der Waals surface area contributed by atoms with E-state index in [2.05, 4.69) is 4.84 Å². The molecule has 5 heteroatoms. The minimum Gasteiger partial charge on any atom is -0.268 e. The Morgan fingerprint density at radius 1 is 1.44 bits per heavy atom. The third-order valence-corrected chi connectivity index (χ3v) is 2.32. The Kier molecular flexibility index (Phi) is 4.44. The number of nitrogens with zero attached hydrogens (tertiary/aromatic N) is 1. The van der Waals surface area contributed by atoms with E-state index in [1.54, 1.807) is 6.92 Å². The largest absolute Gasteiger partial charge is 0.307 e. The average Bonchev–Trinajstić information content (AvgIpc) is 2.26. The molecule has 0 fully saturated rings. The molecule has 0 saturated heterocycles. The van der Waals surface area contributed by atoms with E-state index in [4.69, 9.17) is 0 Å². The summed E-state index contributed by atoms with van der Waals surface area (Å²) in [5.41, 5.74) is 0.967. The Morgan fingerprint density at radius 3 is 2.56 bits per heavy atom. The van der Waals surface area contributed by atoms with Crippen molar-refractivity contribution >= 4 is 5.97 Å². The van der Waals surface area contributed by atoms with Crippen molar-refractivity contribution in [3.63, 3.8) is 0 Å². The molecule has 1 aromatic rings. The van der Waals surface area contributed by atoms with Crippen LogP contribution in [0.15, 0.2) is 30.3 Å². The summed E-state index contributed by atoms with van der Waals surface area (Å²) in [4.78, 5) is 25.3. The second-order valence-corrected chi connectivity index (χ2v) is 3.43. The molecule has 1 unspecified atom stereocenters. The number of carbonyl (C=O) groups excluding carboxylic acids is 1. The molecule has 1 aromatic carbocycles. The van der Waals surface area contributed by atoms with E-state index in [1.165, 1.54) is 0 Å². The van der Waals surface area contributed by atoms with Crippen LogP contribution in [0.5, 0.6) is 0 Å². The normalized spacial score (nSPS) is 11.8. The molecule has 5 nitrogen and oxygen atoms in total. The zero-order valence-corrected chi connectivity index (χ0v) is 8.96. The molecule has 0 saturated carbocycles.